The van der Waals surface area contributed by atoms with Gasteiger partial charge in [0.25, 0.3) is 0 Å². The van der Waals surface area contributed by atoms with Gasteiger partial charge in [-0.2, -0.15) is 0 Å². The molecule has 0 fully saturated rings. The number of hydrogen-bond acceptors (Lipinski definition) is 1. The summed E-state index contributed by atoms with van der Waals surface area (Å²) in [5.74, 6) is 0.593. The molecule has 10 heavy (non-hydrogen) atoms. The molecule has 0 aromatic heterocycles. The zero-order valence-electron chi connectivity index (χ0n) is 7.78. The van der Waals surface area contributed by atoms with Gasteiger partial charge >= 0.3 is 0 Å². The van der Waals surface area contributed by atoms with Crippen LogP contribution >= 0.6 is 0 Å². The Kier molecular flexibility index (Phi) is 3.10. The summed E-state index contributed by atoms with van der Waals surface area (Å²) in [7, 11) is 1.98. The van der Waals surface area contributed by atoms with Crippen molar-refractivity contribution < 1.29 is 0 Å². The van der Waals surface area contributed by atoms with E-state index in [1.54, 1.807) is 0 Å². The first-order valence-corrected chi connectivity index (χ1v) is 3.80. The van der Waals surface area contributed by atoms with Crippen molar-refractivity contribution in [1.29, 1.82) is 0 Å². The molecule has 1 nitrogen and oxygen atoms in total. The van der Waals surface area contributed by atoms with E-state index >= 15 is 0 Å². The second-order valence-corrected chi connectivity index (χ2v) is 3.39. The Morgan fingerprint density at radius 2 is 1.90 bits per heavy atom. The van der Waals surface area contributed by atoms with Gasteiger partial charge in [0.1, 0.15) is 0 Å². The van der Waals surface area contributed by atoms with Gasteiger partial charge in [0.2, 0.25) is 0 Å². The summed E-state index contributed by atoms with van der Waals surface area (Å²) in [6.45, 7) is 12.6. The molecule has 0 amide bonds. The third-order valence-corrected chi connectivity index (χ3v) is 2.56. The lowest BCUT2D eigenvalue weighted by molar-refractivity contribution is 0.333. The molecule has 0 saturated heterocycles. The first-order valence-electron chi connectivity index (χ1n) is 3.80. The smallest absolute Gasteiger partial charge is 0.0380 e. The molecule has 1 N–H and O–H groups in total. The molecule has 0 aliphatic carbocycles. The van der Waals surface area contributed by atoms with Gasteiger partial charge < -0.3 is 5.32 Å². The molecule has 1 heteroatoms. The molecule has 0 aromatic rings. The largest absolute Gasteiger partial charge is 0.311 e. The van der Waals surface area contributed by atoms with Crippen LogP contribution in [-0.4, -0.2) is 12.6 Å². The highest BCUT2D eigenvalue weighted by atomic mass is 14.9. The van der Waals surface area contributed by atoms with E-state index in [4.69, 9.17) is 0 Å². The summed E-state index contributed by atoms with van der Waals surface area (Å²) in [6.07, 6.45) is 0. The van der Waals surface area contributed by atoms with Crippen LogP contribution in [0.3, 0.4) is 0 Å². The summed E-state index contributed by atoms with van der Waals surface area (Å²) >= 11 is 0. The topological polar surface area (TPSA) is 12.0 Å². The first kappa shape index (κ1) is 9.70. The van der Waals surface area contributed by atoms with Crippen molar-refractivity contribution in [3.8, 4) is 0 Å². The van der Waals surface area contributed by atoms with Crippen LogP contribution in [0.15, 0.2) is 12.2 Å². The van der Waals surface area contributed by atoms with Crippen molar-refractivity contribution in [2.75, 3.05) is 7.05 Å². The van der Waals surface area contributed by atoms with Crippen molar-refractivity contribution in [2.24, 2.45) is 5.92 Å². The Bertz CT molecular complexity index is 127. The average molecular weight is 141 g/mol. The SMILES string of the molecule is C=C(C)C(C)(NC)C(C)C. The van der Waals surface area contributed by atoms with E-state index in [1.807, 2.05) is 7.05 Å². The lowest BCUT2D eigenvalue weighted by Crippen LogP contribution is -2.45. The minimum Gasteiger partial charge on any atom is -0.311 e. The zero-order valence-corrected chi connectivity index (χ0v) is 7.78. The molecule has 0 radical (unpaired) electrons. The van der Waals surface area contributed by atoms with Gasteiger partial charge in [-0.1, -0.05) is 26.0 Å². The third-order valence-electron chi connectivity index (χ3n) is 2.56. The van der Waals surface area contributed by atoms with Crippen molar-refractivity contribution in [3.05, 3.63) is 12.2 Å². The van der Waals surface area contributed by atoms with Crippen molar-refractivity contribution in [1.82, 2.24) is 5.32 Å². The lowest BCUT2D eigenvalue weighted by Gasteiger charge is -2.34. The van der Waals surface area contributed by atoms with Crippen LogP contribution in [0, 0.1) is 5.92 Å². The van der Waals surface area contributed by atoms with Gasteiger partial charge in [-0.3, -0.25) is 0 Å². The molecular weight excluding hydrogens is 122 g/mol. The van der Waals surface area contributed by atoms with Gasteiger partial charge in [0, 0.05) is 5.54 Å². The Balaban J connectivity index is 4.38. The Morgan fingerprint density at radius 1 is 1.50 bits per heavy atom. The van der Waals surface area contributed by atoms with Gasteiger partial charge in [-0.15, -0.1) is 0 Å². The summed E-state index contributed by atoms with van der Waals surface area (Å²) in [6, 6.07) is 0. The summed E-state index contributed by atoms with van der Waals surface area (Å²) < 4.78 is 0. The third kappa shape index (κ3) is 1.60. The predicted molar refractivity (Wildman–Crippen MR) is 47.1 cm³/mol. The fraction of sp³-hybridized carbons (Fsp3) is 0.778. The molecule has 0 aromatic carbocycles. The second kappa shape index (κ2) is 3.20. The highest BCUT2D eigenvalue weighted by Crippen LogP contribution is 2.22. The average Bonchev–Trinajstić information content (AvgIpc) is 1.85. The predicted octanol–water partition coefficient (Wildman–Crippen LogP) is 2.20. The molecule has 60 valence electrons. The number of hydrogen-bond donors (Lipinski definition) is 1. The van der Waals surface area contributed by atoms with Crippen LogP contribution in [0.5, 0.6) is 0 Å². The first-order chi connectivity index (χ1) is 4.45. The molecule has 0 saturated carbocycles. The fourth-order valence-corrected chi connectivity index (χ4v) is 0.995. The minimum atomic E-state index is 0.0972. The molecule has 0 aliphatic heterocycles. The van der Waals surface area contributed by atoms with E-state index < -0.39 is 0 Å². The van der Waals surface area contributed by atoms with Gasteiger partial charge in [0.15, 0.2) is 0 Å². The molecule has 1 unspecified atom stereocenters. The van der Waals surface area contributed by atoms with Crippen LogP contribution in [0.4, 0.5) is 0 Å². The van der Waals surface area contributed by atoms with Gasteiger partial charge in [0.05, 0.1) is 0 Å². The maximum atomic E-state index is 3.96. The number of rotatable bonds is 3. The normalized spacial score (nSPS) is 17.0. The Hall–Kier alpha value is -0.300. The molecule has 1 atom stereocenters. The minimum absolute atomic E-state index is 0.0972. The molecule has 0 spiro atoms. The van der Waals surface area contributed by atoms with E-state index in [1.165, 1.54) is 5.57 Å². The second-order valence-electron chi connectivity index (χ2n) is 3.39. The quantitative estimate of drug-likeness (QED) is 0.594. The standard InChI is InChI=1S/C9H19N/c1-7(2)9(5,10-6)8(3)4/h8,10H,1H2,2-6H3. The van der Waals surface area contributed by atoms with Crippen molar-refractivity contribution in [2.45, 2.75) is 33.2 Å². The molecule has 0 bridgehead atoms. The van der Waals surface area contributed by atoms with Crippen LogP contribution in [0.25, 0.3) is 0 Å². The maximum Gasteiger partial charge on any atom is 0.0380 e. The van der Waals surface area contributed by atoms with Crippen LogP contribution in [-0.2, 0) is 0 Å². The zero-order chi connectivity index (χ0) is 8.36. The summed E-state index contributed by atoms with van der Waals surface area (Å²) in [5.41, 5.74) is 1.30. The Labute approximate surface area is 64.5 Å². The monoisotopic (exact) mass is 141 g/mol. The van der Waals surface area contributed by atoms with Crippen LogP contribution < -0.4 is 5.32 Å². The summed E-state index contributed by atoms with van der Waals surface area (Å²) in [4.78, 5) is 0. The van der Waals surface area contributed by atoms with Gasteiger partial charge in [-0.05, 0) is 26.8 Å². The van der Waals surface area contributed by atoms with E-state index in [0.717, 1.165) is 0 Å². The van der Waals surface area contributed by atoms with E-state index in [0.29, 0.717) is 5.92 Å². The maximum absolute atomic E-state index is 3.96. The van der Waals surface area contributed by atoms with Gasteiger partial charge in [-0.25, -0.2) is 0 Å². The molecule has 0 rings (SSSR count). The Morgan fingerprint density at radius 3 is 1.90 bits per heavy atom. The molecular formula is C9H19N. The lowest BCUT2D eigenvalue weighted by atomic mass is 9.83. The number of likely N-dealkylation sites (N-methyl/N-ethyl adjacent to an activating group) is 1. The highest BCUT2D eigenvalue weighted by Gasteiger charge is 2.26. The van der Waals surface area contributed by atoms with Crippen molar-refractivity contribution in [3.63, 3.8) is 0 Å². The fourth-order valence-electron chi connectivity index (χ4n) is 0.995. The summed E-state index contributed by atoms with van der Waals surface area (Å²) in [5, 5.41) is 3.28. The highest BCUT2D eigenvalue weighted by molar-refractivity contribution is 5.13. The molecule has 0 aliphatic rings. The van der Waals surface area contributed by atoms with Crippen LogP contribution in [0.2, 0.25) is 0 Å². The van der Waals surface area contributed by atoms with E-state index in [2.05, 4.69) is 39.6 Å². The number of nitrogens with one attached hydrogen (secondary N) is 1. The molecule has 0 heterocycles. The van der Waals surface area contributed by atoms with E-state index in [9.17, 15) is 0 Å². The van der Waals surface area contributed by atoms with E-state index in [-0.39, 0.29) is 5.54 Å². The van der Waals surface area contributed by atoms with Crippen molar-refractivity contribution >= 4 is 0 Å². The van der Waals surface area contributed by atoms with Crippen LogP contribution in [0.1, 0.15) is 27.7 Å².